The van der Waals surface area contributed by atoms with Crippen molar-refractivity contribution in [3.05, 3.63) is 17.3 Å². The number of hydrogen-bond donors (Lipinski definition) is 2. The first-order chi connectivity index (χ1) is 7.37. The van der Waals surface area contributed by atoms with Gasteiger partial charge in [0.25, 0.3) is 0 Å². The van der Waals surface area contributed by atoms with Crippen LogP contribution in [-0.2, 0) is 6.54 Å². The van der Waals surface area contributed by atoms with Crippen molar-refractivity contribution in [1.29, 1.82) is 0 Å². The number of nitrogens with zero attached hydrogens (tertiary/aromatic N) is 1. The standard InChI is InChI=1S/C8H8F3N3O2/c9-8(10,11)16-6-1-7(13)14-5(3-15)4(6)2-12/h1,3H,2,12H2,(H2,13,14). The van der Waals surface area contributed by atoms with E-state index in [-0.39, 0.29) is 29.9 Å². The molecular weight excluding hydrogens is 227 g/mol. The third-order valence-corrected chi connectivity index (χ3v) is 1.68. The summed E-state index contributed by atoms with van der Waals surface area (Å²) in [4.78, 5) is 14.1. The largest absolute Gasteiger partial charge is 0.573 e. The van der Waals surface area contributed by atoms with Crippen LogP contribution < -0.4 is 16.2 Å². The minimum absolute atomic E-state index is 0.137. The van der Waals surface area contributed by atoms with Crippen molar-refractivity contribution in [1.82, 2.24) is 4.98 Å². The van der Waals surface area contributed by atoms with Crippen LogP contribution in [0.25, 0.3) is 0 Å². The van der Waals surface area contributed by atoms with Crippen LogP contribution in [0.3, 0.4) is 0 Å². The zero-order valence-electron chi connectivity index (χ0n) is 7.91. The normalized spacial score (nSPS) is 11.2. The Morgan fingerprint density at radius 2 is 2.12 bits per heavy atom. The molecule has 16 heavy (non-hydrogen) atoms. The number of hydrogen-bond acceptors (Lipinski definition) is 5. The molecule has 0 radical (unpaired) electrons. The summed E-state index contributed by atoms with van der Waals surface area (Å²) in [6, 6.07) is 0.864. The van der Waals surface area contributed by atoms with E-state index in [1.165, 1.54) is 0 Å². The van der Waals surface area contributed by atoms with Crippen LogP contribution in [0.4, 0.5) is 19.0 Å². The number of alkyl halides is 3. The highest BCUT2D eigenvalue weighted by Gasteiger charge is 2.32. The van der Waals surface area contributed by atoms with Crippen LogP contribution >= 0.6 is 0 Å². The van der Waals surface area contributed by atoms with Gasteiger partial charge in [0.2, 0.25) is 0 Å². The van der Waals surface area contributed by atoms with Crippen LogP contribution in [0.15, 0.2) is 6.07 Å². The van der Waals surface area contributed by atoms with Crippen LogP contribution in [0.2, 0.25) is 0 Å². The molecule has 0 aliphatic rings. The Morgan fingerprint density at radius 1 is 1.50 bits per heavy atom. The number of carbonyl (C=O) groups excluding carboxylic acids is 1. The van der Waals surface area contributed by atoms with Gasteiger partial charge in [-0.15, -0.1) is 13.2 Å². The molecule has 0 aliphatic carbocycles. The first kappa shape index (κ1) is 12.2. The number of aldehydes is 1. The summed E-state index contributed by atoms with van der Waals surface area (Å²) in [5, 5.41) is 0. The van der Waals surface area contributed by atoms with Gasteiger partial charge in [-0.1, -0.05) is 0 Å². The second kappa shape index (κ2) is 4.35. The maximum Gasteiger partial charge on any atom is 0.573 e. The third-order valence-electron chi connectivity index (χ3n) is 1.68. The van der Waals surface area contributed by atoms with Gasteiger partial charge in [-0.25, -0.2) is 4.98 Å². The SMILES string of the molecule is NCc1c(OC(F)(F)F)cc(N)nc1C=O. The highest BCUT2D eigenvalue weighted by Crippen LogP contribution is 2.28. The number of carbonyl (C=O) groups is 1. The highest BCUT2D eigenvalue weighted by molar-refractivity contribution is 5.77. The number of ether oxygens (including phenoxy) is 1. The average Bonchev–Trinajstić information content (AvgIpc) is 2.14. The number of halogens is 3. The fourth-order valence-corrected chi connectivity index (χ4v) is 1.10. The van der Waals surface area contributed by atoms with Crippen molar-refractivity contribution >= 4 is 12.1 Å². The maximum atomic E-state index is 12.0. The quantitative estimate of drug-likeness (QED) is 0.757. The lowest BCUT2D eigenvalue weighted by molar-refractivity contribution is -0.274. The van der Waals surface area contributed by atoms with Crippen molar-refractivity contribution in [2.75, 3.05) is 5.73 Å². The van der Waals surface area contributed by atoms with Crippen molar-refractivity contribution in [2.45, 2.75) is 12.9 Å². The van der Waals surface area contributed by atoms with Crippen molar-refractivity contribution in [3.8, 4) is 5.75 Å². The average molecular weight is 235 g/mol. The van der Waals surface area contributed by atoms with Gasteiger partial charge in [-0.05, 0) is 0 Å². The second-order valence-electron chi connectivity index (χ2n) is 2.78. The van der Waals surface area contributed by atoms with E-state index in [1.54, 1.807) is 0 Å². The first-order valence-electron chi connectivity index (χ1n) is 4.07. The summed E-state index contributed by atoms with van der Waals surface area (Å²) in [5.74, 6) is -0.858. The molecule has 0 unspecified atom stereocenters. The van der Waals surface area contributed by atoms with Gasteiger partial charge in [0.1, 0.15) is 17.3 Å². The van der Waals surface area contributed by atoms with Crippen LogP contribution in [0.1, 0.15) is 16.1 Å². The van der Waals surface area contributed by atoms with Gasteiger partial charge in [0, 0.05) is 18.2 Å². The van der Waals surface area contributed by atoms with E-state index < -0.39 is 12.1 Å². The summed E-state index contributed by atoms with van der Waals surface area (Å²) in [5.41, 5.74) is 10.0. The van der Waals surface area contributed by atoms with Crippen molar-refractivity contribution in [2.24, 2.45) is 5.73 Å². The van der Waals surface area contributed by atoms with E-state index in [0.717, 1.165) is 6.07 Å². The van der Waals surface area contributed by atoms with Gasteiger partial charge in [-0.2, -0.15) is 0 Å². The molecule has 1 aromatic heterocycles. The molecule has 1 aromatic rings. The number of nitrogens with two attached hydrogens (primary N) is 2. The summed E-state index contributed by atoms with van der Waals surface area (Å²) >= 11 is 0. The lowest BCUT2D eigenvalue weighted by Gasteiger charge is -2.13. The summed E-state index contributed by atoms with van der Waals surface area (Å²) in [6.45, 7) is -0.313. The van der Waals surface area contributed by atoms with Crippen molar-refractivity contribution < 1.29 is 22.7 Å². The molecule has 0 bridgehead atoms. The van der Waals surface area contributed by atoms with Gasteiger partial charge in [0.05, 0.1) is 0 Å². The monoisotopic (exact) mass is 235 g/mol. The lowest BCUT2D eigenvalue weighted by atomic mass is 10.2. The molecule has 88 valence electrons. The lowest BCUT2D eigenvalue weighted by Crippen LogP contribution is -2.20. The molecule has 0 aliphatic heterocycles. The predicted molar refractivity (Wildman–Crippen MR) is 48.6 cm³/mol. The maximum absolute atomic E-state index is 12.0. The zero-order valence-corrected chi connectivity index (χ0v) is 7.91. The van der Waals surface area contributed by atoms with E-state index in [1.807, 2.05) is 0 Å². The number of rotatable bonds is 3. The molecule has 0 saturated heterocycles. The fraction of sp³-hybridized carbons (Fsp3) is 0.250. The van der Waals surface area contributed by atoms with Crippen LogP contribution in [-0.4, -0.2) is 17.6 Å². The summed E-state index contributed by atoms with van der Waals surface area (Å²) in [7, 11) is 0. The number of anilines is 1. The van der Waals surface area contributed by atoms with E-state index in [4.69, 9.17) is 11.5 Å². The van der Waals surface area contributed by atoms with E-state index in [9.17, 15) is 18.0 Å². The Labute approximate surface area is 88.2 Å². The van der Waals surface area contributed by atoms with Gasteiger partial charge in [0.15, 0.2) is 6.29 Å². The molecule has 5 nitrogen and oxygen atoms in total. The fourth-order valence-electron chi connectivity index (χ4n) is 1.10. The minimum Gasteiger partial charge on any atom is -0.405 e. The van der Waals surface area contributed by atoms with Crippen LogP contribution in [0, 0.1) is 0 Å². The molecule has 1 rings (SSSR count). The Kier molecular flexibility index (Phi) is 3.33. The molecule has 0 fully saturated rings. The van der Waals surface area contributed by atoms with E-state index in [2.05, 4.69) is 9.72 Å². The Morgan fingerprint density at radius 3 is 2.56 bits per heavy atom. The third kappa shape index (κ3) is 2.83. The Balaban J connectivity index is 3.25. The minimum atomic E-state index is -4.88. The zero-order chi connectivity index (χ0) is 12.3. The topological polar surface area (TPSA) is 91.2 Å². The van der Waals surface area contributed by atoms with E-state index >= 15 is 0 Å². The molecule has 0 aromatic carbocycles. The van der Waals surface area contributed by atoms with E-state index in [0.29, 0.717) is 0 Å². The van der Waals surface area contributed by atoms with Crippen molar-refractivity contribution in [3.63, 3.8) is 0 Å². The Hall–Kier alpha value is -1.83. The summed E-state index contributed by atoms with van der Waals surface area (Å²) in [6.07, 6.45) is -4.61. The van der Waals surface area contributed by atoms with Gasteiger partial charge in [-0.3, -0.25) is 4.79 Å². The molecule has 8 heteroatoms. The number of nitrogen functional groups attached to an aromatic ring is 1. The second-order valence-corrected chi connectivity index (χ2v) is 2.78. The highest BCUT2D eigenvalue weighted by atomic mass is 19.4. The first-order valence-corrected chi connectivity index (χ1v) is 4.07. The predicted octanol–water partition coefficient (Wildman–Crippen LogP) is 0.834. The summed E-state index contributed by atoms with van der Waals surface area (Å²) < 4.78 is 39.7. The molecular formula is C8H8F3N3O2. The molecule has 0 spiro atoms. The van der Waals surface area contributed by atoms with Gasteiger partial charge < -0.3 is 16.2 Å². The number of aromatic nitrogens is 1. The number of pyridine rings is 1. The van der Waals surface area contributed by atoms with Gasteiger partial charge >= 0.3 is 6.36 Å². The molecule has 1 heterocycles. The Bertz CT molecular complexity index is 406. The van der Waals surface area contributed by atoms with Crippen LogP contribution in [0.5, 0.6) is 5.75 Å². The molecule has 0 amide bonds. The molecule has 0 atom stereocenters. The smallest absolute Gasteiger partial charge is 0.405 e. The molecule has 0 saturated carbocycles. The molecule has 4 N–H and O–H groups in total.